The molecule has 5 heteroatoms. The second-order valence-corrected chi connectivity index (χ2v) is 3.29. The van der Waals surface area contributed by atoms with Gasteiger partial charge in [0.1, 0.15) is 0 Å². The minimum atomic E-state index is 0.653. The molecule has 0 saturated heterocycles. The van der Waals surface area contributed by atoms with E-state index in [1.54, 1.807) is 7.11 Å². The van der Waals surface area contributed by atoms with Gasteiger partial charge in [0.05, 0.1) is 33.0 Å². The van der Waals surface area contributed by atoms with Crippen LogP contribution in [-0.4, -0.2) is 67.0 Å². The first-order valence-corrected chi connectivity index (χ1v) is 5.78. The average Bonchev–Trinajstić information content (AvgIpc) is 2.31. The highest BCUT2D eigenvalue weighted by atomic mass is 16.5. The largest absolute Gasteiger partial charge is 0.382 e. The van der Waals surface area contributed by atoms with Crippen molar-refractivity contribution in [1.82, 2.24) is 5.32 Å². The van der Waals surface area contributed by atoms with Gasteiger partial charge in [-0.05, 0) is 13.5 Å². The Hall–Kier alpha value is -0.200. The number of nitrogens with one attached hydrogen (secondary N) is 1. The monoisotopic (exact) mass is 235 g/mol. The van der Waals surface area contributed by atoms with E-state index in [2.05, 4.69) is 5.32 Å². The maximum Gasteiger partial charge on any atom is 0.0701 e. The van der Waals surface area contributed by atoms with E-state index in [1.807, 2.05) is 7.05 Å². The molecule has 0 unspecified atom stereocenters. The molecule has 1 N–H and O–H groups in total. The third-order valence-corrected chi connectivity index (χ3v) is 1.88. The van der Waals surface area contributed by atoms with Gasteiger partial charge in [-0.2, -0.15) is 0 Å². The lowest BCUT2D eigenvalue weighted by Crippen LogP contribution is -2.16. The molecule has 0 aromatic carbocycles. The van der Waals surface area contributed by atoms with Crippen molar-refractivity contribution in [2.75, 3.05) is 67.0 Å². The van der Waals surface area contributed by atoms with Gasteiger partial charge in [0.15, 0.2) is 0 Å². The number of methoxy groups -OCH3 is 1. The van der Waals surface area contributed by atoms with Crippen LogP contribution in [0, 0.1) is 0 Å². The second kappa shape index (κ2) is 14.8. The van der Waals surface area contributed by atoms with E-state index in [0.29, 0.717) is 26.4 Å². The summed E-state index contributed by atoms with van der Waals surface area (Å²) in [4.78, 5) is 0. The van der Waals surface area contributed by atoms with Crippen LogP contribution in [0.15, 0.2) is 0 Å². The minimum Gasteiger partial charge on any atom is -0.382 e. The Balaban J connectivity index is 2.83. The molecular formula is C11H25NO4. The molecule has 0 aromatic heterocycles. The molecule has 0 aliphatic carbocycles. The smallest absolute Gasteiger partial charge is 0.0701 e. The van der Waals surface area contributed by atoms with Crippen molar-refractivity contribution < 1.29 is 18.9 Å². The predicted molar refractivity (Wildman–Crippen MR) is 62.9 cm³/mol. The fourth-order valence-electron chi connectivity index (χ4n) is 1.00. The number of ether oxygens (including phenoxy) is 4. The fraction of sp³-hybridized carbons (Fsp3) is 1.00. The Morgan fingerprint density at radius 2 is 1.31 bits per heavy atom. The predicted octanol–water partition coefficient (Wildman–Crippen LogP) is 0.292. The first kappa shape index (κ1) is 15.8. The van der Waals surface area contributed by atoms with Crippen molar-refractivity contribution in [3.8, 4) is 0 Å². The first-order valence-electron chi connectivity index (χ1n) is 5.78. The van der Waals surface area contributed by atoms with Crippen LogP contribution in [0.1, 0.15) is 6.42 Å². The van der Waals surface area contributed by atoms with Gasteiger partial charge >= 0.3 is 0 Å². The summed E-state index contributed by atoms with van der Waals surface area (Å²) in [7, 11) is 3.57. The second-order valence-electron chi connectivity index (χ2n) is 3.29. The van der Waals surface area contributed by atoms with E-state index in [9.17, 15) is 0 Å². The zero-order valence-electron chi connectivity index (χ0n) is 10.5. The van der Waals surface area contributed by atoms with Crippen LogP contribution in [0.5, 0.6) is 0 Å². The lowest BCUT2D eigenvalue weighted by molar-refractivity contribution is 0.0288. The van der Waals surface area contributed by atoms with E-state index in [0.717, 1.165) is 32.8 Å². The van der Waals surface area contributed by atoms with Crippen molar-refractivity contribution >= 4 is 0 Å². The van der Waals surface area contributed by atoms with Crippen LogP contribution in [0.4, 0.5) is 0 Å². The first-order chi connectivity index (χ1) is 7.91. The molecule has 0 amide bonds. The zero-order chi connectivity index (χ0) is 11.9. The molecule has 5 nitrogen and oxygen atoms in total. The highest BCUT2D eigenvalue weighted by Crippen LogP contribution is 1.86. The van der Waals surface area contributed by atoms with Crippen molar-refractivity contribution in [1.29, 1.82) is 0 Å². The summed E-state index contributed by atoms with van der Waals surface area (Å²) in [5, 5.41) is 3.01. The summed E-state index contributed by atoms with van der Waals surface area (Å²) >= 11 is 0. The summed E-state index contributed by atoms with van der Waals surface area (Å²) in [5.74, 6) is 0. The molecule has 0 aliphatic heterocycles. The van der Waals surface area contributed by atoms with E-state index >= 15 is 0 Å². The van der Waals surface area contributed by atoms with Crippen LogP contribution >= 0.6 is 0 Å². The molecule has 0 aliphatic rings. The number of hydrogen-bond acceptors (Lipinski definition) is 5. The van der Waals surface area contributed by atoms with Gasteiger partial charge in [-0.15, -0.1) is 0 Å². The van der Waals surface area contributed by atoms with E-state index in [1.165, 1.54) is 0 Å². The Morgan fingerprint density at radius 1 is 0.750 bits per heavy atom. The maximum atomic E-state index is 5.36. The van der Waals surface area contributed by atoms with E-state index in [-0.39, 0.29) is 0 Å². The number of hydrogen-bond donors (Lipinski definition) is 1. The molecule has 0 saturated carbocycles. The molecule has 0 spiro atoms. The van der Waals surface area contributed by atoms with Crippen molar-refractivity contribution in [2.45, 2.75) is 6.42 Å². The lowest BCUT2D eigenvalue weighted by Gasteiger charge is -2.06. The standard InChI is InChI=1S/C11H25NO4/c1-12-4-7-16-11-10-15-6-3-5-14-9-8-13-2/h12H,3-11H2,1-2H3. The fourth-order valence-corrected chi connectivity index (χ4v) is 1.00. The van der Waals surface area contributed by atoms with E-state index in [4.69, 9.17) is 18.9 Å². The third kappa shape index (κ3) is 13.8. The minimum absolute atomic E-state index is 0.653. The summed E-state index contributed by atoms with van der Waals surface area (Å²) in [5.41, 5.74) is 0. The molecule has 0 fully saturated rings. The van der Waals surface area contributed by atoms with Crippen LogP contribution in [-0.2, 0) is 18.9 Å². The van der Waals surface area contributed by atoms with Crippen LogP contribution < -0.4 is 5.32 Å². The quantitative estimate of drug-likeness (QED) is 0.465. The zero-order valence-corrected chi connectivity index (χ0v) is 10.5. The van der Waals surface area contributed by atoms with Crippen LogP contribution in [0.2, 0.25) is 0 Å². The molecule has 98 valence electrons. The van der Waals surface area contributed by atoms with Gasteiger partial charge in [-0.3, -0.25) is 0 Å². The van der Waals surface area contributed by atoms with Gasteiger partial charge in [-0.1, -0.05) is 0 Å². The number of likely N-dealkylation sites (N-methyl/N-ethyl adjacent to an activating group) is 1. The SMILES string of the molecule is CNCCOCCOCCCOCCOC. The highest BCUT2D eigenvalue weighted by molar-refractivity contribution is 4.38. The molecule has 0 atom stereocenters. The summed E-state index contributed by atoms with van der Waals surface area (Å²) in [6, 6.07) is 0. The highest BCUT2D eigenvalue weighted by Gasteiger charge is 1.91. The average molecular weight is 235 g/mol. The normalized spacial score (nSPS) is 10.9. The number of rotatable bonds is 13. The Labute approximate surface area is 98.4 Å². The molecule has 16 heavy (non-hydrogen) atoms. The molecule has 0 radical (unpaired) electrons. The molecule has 0 heterocycles. The molecular weight excluding hydrogens is 210 g/mol. The molecule has 0 bridgehead atoms. The van der Waals surface area contributed by atoms with Gasteiger partial charge in [-0.25, -0.2) is 0 Å². The summed E-state index contributed by atoms with van der Waals surface area (Å²) in [6.07, 6.45) is 0.917. The summed E-state index contributed by atoms with van der Waals surface area (Å²) < 4.78 is 20.8. The Morgan fingerprint density at radius 3 is 1.88 bits per heavy atom. The van der Waals surface area contributed by atoms with Gasteiger partial charge in [0.2, 0.25) is 0 Å². The lowest BCUT2D eigenvalue weighted by atomic mass is 10.5. The van der Waals surface area contributed by atoms with Crippen LogP contribution in [0.3, 0.4) is 0 Å². The van der Waals surface area contributed by atoms with Gasteiger partial charge in [0, 0.05) is 26.9 Å². The third-order valence-electron chi connectivity index (χ3n) is 1.88. The van der Waals surface area contributed by atoms with Crippen LogP contribution in [0.25, 0.3) is 0 Å². The van der Waals surface area contributed by atoms with E-state index < -0.39 is 0 Å². The maximum absolute atomic E-state index is 5.36. The summed E-state index contributed by atoms with van der Waals surface area (Å²) in [6.45, 7) is 5.69. The molecule has 0 aromatic rings. The van der Waals surface area contributed by atoms with Crippen molar-refractivity contribution in [3.05, 3.63) is 0 Å². The van der Waals surface area contributed by atoms with Gasteiger partial charge in [0.25, 0.3) is 0 Å². The Bertz CT molecular complexity index is 111. The Kier molecular flexibility index (Phi) is 14.6. The van der Waals surface area contributed by atoms with Crippen molar-refractivity contribution in [3.63, 3.8) is 0 Å². The molecule has 0 rings (SSSR count). The van der Waals surface area contributed by atoms with Crippen molar-refractivity contribution in [2.24, 2.45) is 0 Å². The van der Waals surface area contributed by atoms with Gasteiger partial charge < -0.3 is 24.3 Å². The topological polar surface area (TPSA) is 49.0 Å².